The monoisotopic (exact) mass is 300 g/mol. The van der Waals surface area contributed by atoms with Crippen molar-refractivity contribution in [3.05, 3.63) is 51.3 Å². The highest BCUT2D eigenvalue weighted by Gasteiger charge is 2.04. The van der Waals surface area contributed by atoms with Gasteiger partial charge in [-0.15, -0.1) is 0 Å². The van der Waals surface area contributed by atoms with E-state index in [1.807, 2.05) is 31.2 Å². The SMILES string of the molecule is Cc1ccc(COc2cc(Br)ccc2Cl)o1. The van der Waals surface area contributed by atoms with Crippen LogP contribution in [-0.2, 0) is 6.61 Å². The van der Waals surface area contributed by atoms with Crippen molar-refractivity contribution in [3.63, 3.8) is 0 Å². The molecular formula is C12H10BrClO2. The summed E-state index contributed by atoms with van der Waals surface area (Å²) >= 11 is 9.36. The largest absolute Gasteiger partial charge is 0.484 e. The van der Waals surface area contributed by atoms with E-state index in [0.717, 1.165) is 16.0 Å². The van der Waals surface area contributed by atoms with Gasteiger partial charge in [0.2, 0.25) is 0 Å². The van der Waals surface area contributed by atoms with Gasteiger partial charge < -0.3 is 9.15 Å². The van der Waals surface area contributed by atoms with E-state index >= 15 is 0 Å². The molecule has 0 bridgehead atoms. The Labute approximate surface area is 107 Å². The molecule has 0 fully saturated rings. The molecule has 0 aliphatic heterocycles. The first-order valence-corrected chi connectivity index (χ1v) is 5.95. The molecule has 16 heavy (non-hydrogen) atoms. The minimum atomic E-state index is 0.379. The summed E-state index contributed by atoms with van der Waals surface area (Å²) in [6.07, 6.45) is 0. The molecule has 0 saturated carbocycles. The number of rotatable bonds is 3. The Kier molecular flexibility index (Phi) is 3.56. The van der Waals surface area contributed by atoms with Gasteiger partial charge in [0, 0.05) is 4.47 Å². The Morgan fingerprint density at radius 2 is 2.12 bits per heavy atom. The Hall–Kier alpha value is -0.930. The predicted molar refractivity (Wildman–Crippen MR) is 66.9 cm³/mol. The van der Waals surface area contributed by atoms with Crippen LogP contribution >= 0.6 is 27.5 Å². The second kappa shape index (κ2) is 4.93. The number of ether oxygens (including phenoxy) is 1. The molecule has 0 saturated heterocycles. The van der Waals surface area contributed by atoms with Gasteiger partial charge >= 0.3 is 0 Å². The smallest absolute Gasteiger partial charge is 0.146 e. The highest BCUT2D eigenvalue weighted by atomic mass is 79.9. The first-order valence-electron chi connectivity index (χ1n) is 4.78. The second-order valence-corrected chi connectivity index (χ2v) is 4.70. The predicted octanol–water partition coefficient (Wildman–Crippen LogP) is 4.58. The van der Waals surface area contributed by atoms with Gasteiger partial charge in [-0.25, -0.2) is 0 Å². The summed E-state index contributed by atoms with van der Waals surface area (Å²) in [5.74, 6) is 2.30. The van der Waals surface area contributed by atoms with Crippen LogP contribution in [0.5, 0.6) is 5.75 Å². The molecule has 2 nitrogen and oxygen atoms in total. The average molecular weight is 302 g/mol. The topological polar surface area (TPSA) is 22.4 Å². The second-order valence-electron chi connectivity index (χ2n) is 3.38. The maximum Gasteiger partial charge on any atom is 0.146 e. The lowest BCUT2D eigenvalue weighted by Gasteiger charge is -2.06. The van der Waals surface area contributed by atoms with Gasteiger partial charge in [-0.05, 0) is 37.3 Å². The number of halogens is 2. The maximum absolute atomic E-state index is 5.99. The van der Waals surface area contributed by atoms with Gasteiger partial charge in [-0.1, -0.05) is 27.5 Å². The molecule has 0 radical (unpaired) electrons. The van der Waals surface area contributed by atoms with Crippen molar-refractivity contribution in [3.8, 4) is 5.75 Å². The highest BCUT2D eigenvalue weighted by molar-refractivity contribution is 9.10. The van der Waals surface area contributed by atoms with Crippen LogP contribution in [0.3, 0.4) is 0 Å². The van der Waals surface area contributed by atoms with E-state index in [1.54, 1.807) is 6.07 Å². The third kappa shape index (κ3) is 2.80. The zero-order chi connectivity index (χ0) is 11.5. The fraction of sp³-hybridized carbons (Fsp3) is 0.167. The molecule has 0 N–H and O–H groups in total. The van der Waals surface area contributed by atoms with Crippen LogP contribution < -0.4 is 4.74 Å². The molecule has 4 heteroatoms. The van der Waals surface area contributed by atoms with E-state index in [0.29, 0.717) is 17.4 Å². The molecule has 0 spiro atoms. The number of benzene rings is 1. The minimum absolute atomic E-state index is 0.379. The number of aryl methyl sites for hydroxylation is 1. The first kappa shape index (κ1) is 11.6. The summed E-state index contributed by atoms with van der Waals surface area (Å²) < 4.78 is 11.9. The molecular weight excluding hydrogens is 291 g/mol. The van der Waals surface area contributed by atoms with E-state index in [4.69, 9.17) is 20.8 Å². The summed E-state index contributed by atoms with van der Waals surface area (Å²) in [7, 11) is 0. The summed E-state index contributed by atoms with van der Waals surface area (Å²) in [6, 6.07) is 9.28. The molecule has 84 valence electrons. The average Bonchev–Trinajstić information content (AvgIpc) is 2.66. The Morgan fingerprint density at radius 3 is 2.81 bits per heavy atom. The third-order valence-corrected chi connectivity index (χ3v) is 2.86. The standard InChI is InChI=1S/C12H10BrClO2/c1-8-2-4-10(16-8)7-15-12-6-9(13)3-5-11(12)14/h2-6H,7H2,1H3. The van der Waals surface area contributed by atoms with Crippen LogP contribution in [0.4, 0.5) is 0 Å². The fourth-order valence-corrected chi connectivity index (χ4v) is 1.81. The van der Waals surface area contributed by atoms with Gasteiger partial charge in [0.1, 0.15) is 23.9 Å². The molecule has 0 atom stereocenters. The third-order valence-electron chi connectivity index (χ3n) is 2.06. The molecule has 0 unspecified atom stereocenters. The first-order chi connectivity index (χ1) is 7.65. The minimum Gasteiger partial charge on any atom is -0.484 e. The van der Waals surface area contributed by atoms with Crippen LogP contribution in [0, 0.1) is 6.92 Å². The fourth-order valence-electron chi connectivity index (χ4n) is 1.30. The molecule has 0 aliphatic carbocycles. The Morgan fingerprint density at radius 1 is 1.31 bits per heavy atom. The van der Waals surface area contributed by atoms with Gasteiger partial charge in [0.25, 0.3) is 0 Å². The number of furan rings is 1. The molecule has 2 aromatic rings. The normalized spacial score (nSPS) is 10.4. The van der Waals surface area contributed by atoms with Gasteiger partial charge in [-0.3, -0.25) is 0 Å². The van der Waals surface area contributed by atoms with Crippen molar-refractivity contribution in [1.82, 2.24) is 0 Å². The van der Waals surface area contributed by atoms with Gasteiger partial charge in [0.05, 0.1) is 5.02 Å². The van der Waals surface area contributed by atoms with Crippen LogP contribution in [0.25, 0.3) is 0 Å². The lowest BCUT2D eigenvalue weighted by molar-refractivity contribution is 0.267. The highest BCUT2D eigenvalue weighted by Crippen LogP contribution is 2.28. The molecule has 1 aromatic carbocycles. The lowest BCUT2D eigenvalue weighted by Crippen LogP contribution is -1.94. The van der Waals surface area contributed by atoms with E-state index in [-0.39, 0.29) is 0 Å². The molecule has 1 heterocycles. The molecule has 0 amide bonds. The molecule has 1 aromatic heterocycles. The summed E-state index contributed by atoms with van der Waals surface area (Å²) in [4.78, 5) is 0. The number of hydrogen-bond acceptors (Lipinski definition) is 2. The van der Waals surface area contributed by atoms with Crippen molar-refractivity contribution in [2.75, 3.05) is 0 Å². The van der Waals surface area contributed by atoms with Crippen molar-refractivity contribution in [2.45, 2.75) is 13.5 Å². The van der Waals surface area contributed by atoms with Crippen molar-refractivity contribution >= 4 is 27.5 Å². The quantitative estimate of drug-likeness (QED) is 0.828. The Bertz CT molecular complexity index is 494. The van der Waals surface area contributed by atoms with Crippen molar-refractivity contribution in [2.24, 2.45) is 0 Å². The summed E-state index contributed by atoms with van der Waals surface area (Å²) in [5, 5.41) is 0.589. The molecule has 2 rings (SSSR count). The van der Waals surface area contributed by atoms with Crippen LogP contribution in [0.1, 0.15) is 11.5 Å². The maximum atomic E-state index is 5.99. The van der Waals surface area contributed by atoms with E-state index in [9.17, 15) is 0 Å². The van der Waals surface area contributed by atoms with Crippen LogP contribution in [-0.4, -0.2) is 0 Å². The number of hydrogen-bond donors (Lipinski definition) is 0. The van der Waals surface area contributed by atoms with Gasteiger partial charge in [0.15, 0.2) is 0 Å². The van der Waals surface area contributed by atoms with E-state index in [1.165, 1.54) is 0 Å². The van der Waals surface area contributed by atoms with Crippen molar-refractivity contribution in [1.29, 1.82) is 0 Å². The summed E-state index contributed by atoms with van der Waals surface area (Å²) in [5.41, 5.74) is 0. The van der Waals surface area contributed by atoms with Crippen LogP contribution in [0.15, 0.2) is 39.2 Å². The van der Waals surface area contributed by atoms with Gasteiger partial charge in [-0.2, -0.15) is 0 Å². The van der Waals surface area contributed by atoms with Crippen LogP contribution in [0.2, 0.25) is 5.02 Å². The van der Waals surface area contributed by atoms with Crippen molar-refractivity contribution < 1.29 is 9.15 Å². The lowest BCUT2D eigenvalue weighted by atomic mass is 10.3. The van der Waals surface area contributed by atoms with E-state index in [2.05, 4.69) is 15.9 Å². The summed E-state index contributed by atoms with van der Waals surface area (Å²) in [6.45, 7) is 2.28. The zero-order valence-corrected chi connectivity index (χ0v) is 11.0. The zero-order valence-electron chi connectivity index (χ0n) is 8.67. The molecule has 0 aliphatic rings. The van der Waals surface area contributed by atoms with E-state index < -0.39 is 0 Å². The Balaban J connectivity index is 2.07.